The van der Waals surface area contributed by atoms with Gasteiger partial charge >= 0.3 is 13.7 Å². The molecule has 5 rings (SSSR count). The van der Waals surface area contributed by atoms with E-state index in [0.717, 1.165) is 0 Å². The highest BCUT2D eigenvalue weighted by Gasteiger charge is 2.63. The molecule has 2 saturated heterocycles. The number of carbonyl (C=O) groups is 1. The number of para-hydroxylation sites is 1. The standard InChI is InChI=1S/C26H34N5O9P/c1-6-35-23-19-22(28-17(5)29-23)31(14-27-19)24-20-21(32)26(39-24,12-36-20)13-37-41(34,40-18-10-8-7-9-11-18)30-16(4)25(33)38-15(2)3/h7-11,14-16,20-21,24,32H,6,12-13H2,1-5H3,(H,30,34)/t16-,20+,21-,24?,26+,41-/m0/s1. The summed E-state index contributed by atoms with van der Waals surface area (Å²) in [6.45, 7) is 8.47. The molecular formula is C26H34N5O9P. The molecule has 2 bridgehead atoms. The van der Waals surface area contributed by atoms with E-state index in [-0.39, 0.29) is 25.1 Å². The molecule has 0 aliphatic carbocycles. The Hall–Kier alpha value is -3.13. The summed E-state index contributed by atoms with van der Waals surface area (Å²) in [5, 5.41) is 13.9. The van der Waals surface area contributed by atoms with Gasteiger partial charge in [-0.3, -0.25) is 13.9 Å². The van der Waals surface area contributed by atoms with Gasteiger partial charge in [0.1, 0.15) is 35.4 Å². The van der Waals surface area contributed by atoms with Crippen molar-refractivity contribution in [2.24, 2.45) is 0 Å². The predicted molar refractivity (Wildman–Crippen MR) is 144 cm³/mol. The molecule has 15 heteroatoms. The van der Waals surface area contributed by atoms with Crippen LogP contribution in [-0.2, 0) is 28.1 Å². The van der Waals surface area contributed by atoms with Gasteiger partial charge in [-0.2, -0.15) is 10.1 Å². The van der Waals surface area contributed by atoms with Crippen LogP contribution in [0.4, 0.5) is 0 Å². The number of esters is 1. The van der Waals surface area contributed by atoms with Gasteiger partial charge in [0.05, 0.1) is 32.3 Å². The number of fused-ring (bicyclic) bond motifs is 3. The summed E-state index contributed by atoms with van der Waals surface area (Å²) in [7, 11) is -4.20. The molecule has 4 heterocycles. The molecule has 2 aliphatic rings. The zero-order valence-electron chi connectivity index (χ0n) is 23.4. The summed E-state index contributed by atoms with van der Waals surface area (Å²) in [6.07, 6.45) is -1.61. The van der Waals surface area contributed by atoms with Crippen LogP contribution in [0, 0.1) is 6.92 Å². The fourth-order valence-corrected chi connectivity index (χ4v) is 6.23. The molecule has 0 amide bonds. The Morgan fingerprint density at radius 2 is 2.02 bits per heavy atom. The number of nitrogens with zero attached hydrogens (tertiary/aromatic N) is 4. The van der Waals surface area contributed by atoms with Crippen molar-refractivity contribution in [3.8, 4) is 11.6 Å². The molecule has 14 nitrogen and oxygen atoms in total. The van der Waals surface area contributed by atoms with E-state index >= 15 is 0 Å². The van der Waals surface area contributed by atoms with Gasteiger partial charge in [-0.05, 0) is 46.8 Å². The number of hydrogen-bond acceptors (Lipinski definition) is 12. The number of aliphatic hydroxyl groups is 1. The molecule has 1 unspecified atom stereocenters. The normalized spacial score (nSPS) is 25.8. The van der Waals surface area contributed by atoms with Crippen molar-refractivity contribution < 1.29 is 42.5 Å². The molecule has 0 radical (unpaired) electrons. The molecular weight excluding hydrogens is 557 g/mol. The molecule has 1 aromatic carbocycles. The van der Waals surface area contributed by atoms with Gasteiger partial charge in [0, 0.05) is 0 Å². The van der Waals surface area contributed by atoms with Crippen LogP contribution in [0.1, 0.15) is 39.7 Å². The Kier molecular flexibility index (Phi) is 8.33. The highest BCUT2D eigenvalue weighted by molar-refractivity contribution is 7.52. The minimum absolute atomic E-state index is 0.0313. The first kappa shape index (κ1) is 29.4. The number of benzene rings is 1. The summed E-state index contributed by atoms with van der Waals surface area (Å²) < 4.78 is 50.2. The van der Waals surface area contributed by atoms with E-state index in [1.165, 1.54) is 13.3 Å². The average molecular weight is 592 g/mol. The Balaban J connectivity index is 1.38. The summed E-state index contributed by atoms with van der Waals surface area (Å²) in [5.41, 5.74) is -0.506. The Labute approximate surface area is 236 Å². The first-order valence-corrected chi connectivity index (χ1v) is 14.9. The zero-order chi connectivity index (χ0) is 29.4. The van der Waals surface area contributed by atoms with Crippen LogP contribution >= 0.6 is 7.75 Å². The quantitative estimate of drug-likeness (QED) is 0.233. The third-order valence-electron chi connectivity index (χ3n) is 6.57. The third kappa shape index (κ3) is 5.94. The summed E-state index contributed by atoms with van der Waals surface area (Å²) in [6, 6.07) is 7.36. The number of hydrogen-bond donors (Lipinski definition) is 2. The van der Waals surface area contributed by atoms with Gasteiger partial charge in [-0.25, -0.2) is 14.5 Å². The topological polar surface area (TPSA) is 165 Å². The summed E-state index contributed by atoms with van der Waals surface area (Å²) >= 11 is 0. The molecule has 222 valence electrons. The van der Waals surface area contributed by atoms with E-state index < -0.39 is 43.8 Å². The van der Waals surface area contributed by atoms with Crippen LogP contribution in [-0.4, -0.2) is 80.4 Å². The lowest BCUT2D eigenvalue weighted by Gasteiger charge is -2.32. The van der Waals surface area contributed by atoms with E-state index in [0.29, 0.717) is 29.5 Å². The maximum Gasteiger partial charge on any atom is 0.459 e. The number of aromatic nitrogens is 4. The summed E-state index contributed by atoms with van der Waals surface area (Å²) in [4.78, 5) is 25.7. The van der Waals surface area contributed by atoms with Crippen LogP contribution in [0.5, 0.6) is 11.6 Å². The van der Waals surface area contributed by atoms with E-state index in [4.69, 9.17) is 28.0 Å². The largest absolute Gasteiger partial charge is 0.476 e. The van der Waals surface area contributed by atoms with Crippen molar-refractivity contribution in [1.82, 2.24) is 24.6 Å². The molecule has 0 spiro atoms. The van der Waals surface area contributed by atoms with E-state index in [9.17, 15) is 14.5 Å². The molecule has 6 atom stereocenters. The molecule has 3 aromatic rings. The van der Waals surface area contributed by atoms with Crippen LogP contribution in [0.2, 0.25) is 0 Å². The van der Waals surface area contributed by atoms with Crippen molar-refractivity contribution >= 4 is 24.9 Å². The Morgan fingerprint density at radius 1 is 1.27 bits per heavy atom. The van der Waals surface area contributed by atoms with Gasteiger partial charge in [0.15, 0.2) is 17.4 Å². The van der Waals surface area contributed by atoms with E-state index in [1.54, 1.807) is 55.7 Å². The minimum atomic E-state index is -4.20. The second-order valence-corrected chi connectivity index (χ2v) is 11.8. The van der Waals surface area contributed by atoms with E-state index in [2.05, 4.69) is 20.0 Å². The van der Waals surface area contributed by atoms with Crippen LogP contribution in [0.3, 0.4) is 0 Å². The summed E-state index contributed by atoms with van der Waals surface area (Å²) in [5.74, 6) is 0.435. The number of rotatable bonds is 12. The number of nitrogens with one attached hydrogen (secondary N) is 1. The van der Waals surface area contributed by atoms with Crippen molar-refractivity contribution in [3.63, 3.8) is 0 Å². The maximum atomic E-state index is 14.0. The number of imidazole rings is 1. The zero-order valence-corrected chi connectivity index (χ0v) is 24.3. The SMILES string of the molecule is CCOc1nc(C)nc2c1ncn2C1O[C@@]2(CO[P@@](=O)(N[C@@H](C)C(=O)OC(C)C)Oc3ccccc3)CO[C@@H]1[C@@H]2O. The van der Waals surface area contributed by atoms with Gasteiger partial charge in [-0.1, -0.05) is 18.2 Å². The number of aryl methyl sites for hydroxylation is 1. The number of carbonyl (C=O) groups excluding carboxylic acids is 1. The van der Waals surface area contributed by atoms with Crippen molar-refractivity contribution in [2.45, 2.75) is 70.8 Å². The molecule has 2 aromatic heterocycles. The Morgan fingerprint density at radius 3 is 2.73 bits per heavy atom. The van der Waals surface area contributed by atoms with Crippen molar-refractivity contribution in [1.29, 1.82) is 0 Å². The molecule has 41 heavy (non-hydrogen) atoms. The van der Waals surface area contributed by atoms with E-state index in [1.807, 2.05) is 6.92 Å². The fourth-order valence-electron chi connectivity index (χ4n) is 4.69. The monoisotopic (exact) mass is 591 g/mol. The first-order valence-electron chi connectivity index (χ1n) is 13.3. The molecule has 2 N–H and O–H groups in total. The highest BCUT2D eigenvalue weighted by atomic mass is 31.2. The molecule has 0 saturated carbocycles. The second kappa shape index (κ2) is 11.6. The number of aliphatic hydroxyl groups excluding tert-OH is 1. The van der Waals surface area contributed by atoms with Gasteiger partial charge in [0.2, 0.25) is 5.88 Å². The average Bonchev–Trinajstić information content (AvgIpc) is 3.57. The Bertz CT molecular complexity index is 1440. The maximum absolute atomic E-state index is 14.0. The highest BCUT2D eigenvalue weighted by Crippen LogP contribution is 2.51. The minimum Gasteiger partial charge on any atom is -0.476 e. The van der Waals surface area contributed by atoms with Gasteiger partial charge in [-0.15, -0.1) is 0 Å². The van der Waals surface area contributed by atoms with Crippen LogP contribution < -0.4 is 14.3 Å². The predicted octanol–water partition coefficient (Wildman–Crippen LogP) is 2.69. The smallest absolute Gasteiger partial charge is 0.459 e. The van der Waals surface area contributed by atoms with Gasteiger partial charge in [0.25, 0.3) is 0 Å². The lowest BCUT2D eigenvalue weighted by Crippen LogP contribution is -2.46. The van der Waals surface area contributed by atoms with Crippen LogP contribution in [0.15, 0.2) is 36.7 Å². The molecule has 2 aliphatic heterocycles. The van der Waals surface area contributed by atoms with Crippen LogP contribution in [0.25, 0.3) is 11.2 Å². The third-order valence-corrected chi connectivity index (χ3v) is 8.19. The number of ether oxygens (including phenoxy) is 4. The van der Waals surface area contributed by atoms with Gasteiger partial charge < -0.3 is 28.6 Å². The van der Waals surface area contributed by atoms with Crippen molar-refractivity contribution in [2.75, 3.05) is 19.8 Å². The first-order chi connectivity index (χ1) is 19.5. The second-order valence-electron chi connectivity index (χ2n) is 10.1. The lowest BCUT2D eigenvalue weighted by atomic mass is 10.0. The van der Waals surface area contributed by atoms with Crippen molar-refractivity contribution in [3.05, 3.63) is 42.5 Å². The molecule has 2 fully saturated rings. The lowest BCUT2D eigenvalue weighted by molar-refractivity contribution is -0.183. The fraction of sp³-hybridized carbons (Fsp3) is 0.538.